The van der Waals surface area contributed by atoms with Gasteiger partial charge in [-0.05, 0) is 31.9 Å². The topological polar surface area (TPSA) is 35.5 Å². The highest BCUT2D eigenvalue weighted by Crippen LogP contribution is 2.10. The van der Waals surface area contributed by atoms with Gasteiger partial charge in [0.15, 0.2) is 0 Å². The molecular formula is C15H24N2O. The molecule has 2 rings (SSSR count). The molecule has 1 saturated heterocycles. The van der Waals surface area contributed by atoms with Crippen LogP contribution in [0.15, 0.2) is 30.3 Å². The predicted octanol–water partition coefficient (Wildman–Crippen LogP) is 1.27. The molecule has 1 heterocycles. The summed E-state index contributed by atoms with van der Waals surface area (Å²) >= 11 is 0. The molecule has 100 valence electrons. The lowest BCUT2D eigenvalue weighted by Crippen LogP contribution is -2.37. The van der Waals surface area contributed by atoms with Crippen LogP contribution in [0.3, 0.4) is 0 Å². The Morgan fingerprint density at radius 2 is 2.17 bits per heavy atom. The molecule has 18 heavy (non-hydrogen) atoms. The van der Waals surface area contributed by atoms with E-state index in [2.05, 4.69) is 40.5 Å². The first-order valence-corrected chi connectivity index (χ1v) is 6.92. The Balaban J connectivity index is 1.67. The Hall–Kier alpha value is -0.900. The average molecular weight is 248 g/mol. The summed E-state index contributed by atoms with van der Waals surface area (Å²) in [6, 6.07) is 11.2. The van der Waals surface area contributed by atoms with Crippen LogP contribution in [0.4, 0.5) is 0 Å². The van der Waals surface area contributed by atoms with Crippen molar-refractivity contribution in [3.8, 4) is 0 Å². The maximum absolute atomic E-state index is 9.25. The number of nitrogens with zero attached hydrogens (tertiary/aromatic N) is 1. The summed E-state index contributed by atoms with van der Waals surface area (Å²) in [4.78, 5) is 2.51. The minimum Gasteiger partial charge on any atom is -0.392 e. The van der Waals surface area contributed by atoms with Crippen molar-refractivity contribution in [2.45, 2.75) is 31.9 Å². The fourth-order valence-electron chi connectivity index (χ4n) is 2.47. The minimum absolute atomic E-state index is 0.247. The number of hydrogen-bond donors (Lipinski definition) is 2. The first-order chi connectivity index (χ1) is 8.74. The van der Waals surface area contributed by atoms with E-state index in [1.165, 1.54) is 18.5 Å². The summed E-state index contributed by atoms with van der Waals surface area (Å²) in [5.74, 6) is 0. The Labute approximate surface area is 110 Å². The highest BCUT2D eigenvalue weighted by Gasteiger charge is 2.21. The summed E-state index contributed by atoms with van der Waals surface area (Å²) < 4.78 is 0. The van der Waals surface area contributed by atoms with Gasteiger partial charge in [-0.1, -0.05) is 30.3 Å². The molecule has 0 aromatic heterocycles. The van der Waals surface area contributed by atoms with E-state index >= 15 is 0 Å². The van der Waals surface area contributed by atoms with Gasteiger partial charge in [-0.3, -0.25) is 0 Å². The molecule has 1 fully saturated rings. The molecule has 1 aromatic rings. The maximum Gasteiger partial charge on any atom is 0.0636 e. The number of likely N-dealkylation sites (tertiary alicyclic amines) is 1. The quantitative estimate of drug-likeness (QED) is 0.796. The van der Waals surface area contributed by atoms with Crippen LogP contribution in [0, 0.1) is 0 Å². The van der Waals surface area contributed by atoms with E-state index in [1.807, 2.05) is 6.92 Å². The Morgan fingerprint density at radius 3 is 2.89 bits per heavy atom. The van der Waals surface area contributed by atoms with Gasteiger partial charge in [0, 0.05) is 25.7 Å². The van der Waals surface area contributed by atoms with Crippen molar-refractivity contribution >= 4 is 0 Å². The van der Waals surface area contributed by atoms with E-state index in [0.717, 1.165) is 19.5 Å². The van der Waals surface area contributed by atoms with E-state index in [1.54, 1.807) is 0 Å². The molecule has 0 aliphatic carbocycles. The monoisotopic (exact) mass is 248 g/mol. The first kappa shape index (κ1) is 13.5. The number of benzene rings is 1. The molecular weight excluding hydrogens is 224 g/mol. The van der Waals surface area contributed by atoms with E-state index in [0.29, 0.717) is 12.6 Å². The SMILES string of the molecule is CC(O)CNC1CCN(CCc2ccccc2)C1. The van der Waals surface area contributed by atoms with Crippen LogP contribution in [0.2, 0.25) is 0 Å². The summed E-state index contributed by atoms with van der Waals surface area (Å²) in [5.41, 5.74) is 1.41. The number of aliphatic hydroxyl groups excluding tert-OH is 1. The fraction of sp³-hybridized carbons (Fsp3) is 0.600. The molecule has 1 aliphatic rings. The second-order valence-corrected chi connectivity index (χ2v) is 5.28. The molecule has 3 nitrogen and oxygen atoms in total. The van der Waals surface area contributed by atoms with Crippen LogP contribution >= 0.6 is 0 Å². The Morgan fingerprint density at radius 1 is 1.39 bits per heavy atom. The zero-order valence-corrected chi connectivity index (χ0v) is 11.2. The van der Waals surface area contributed by atoms with Crippen molar-refractivity contribution in [3.05, 3.63) is 35.9 Å². The summed E-state index contributed by atoms with van der Waals surface area (Å²) in [7, 11) is 0. The largest absolute Gasteiger partial charge is 0.392 e. The van der Waals surface area contributed by atoms with Gasteiger partial charge in [-0.2, -0.15) is 0 Å². The molecule has 2 unspecified atom stereocenters. The van der Waals surface area contributed by atoms with Crippen molar-refractivity contribution in [2.24, 2.45) is 0 Å². The zero-order chi connectivity index (χ0) is 12.8. The standard InChI is InChI=1S/C15H24N2O/c1-13(18)11-16-15-8-10-17(12-15)9-7-14-5-3-2-4-6-14/h2-6,13,15-16,18H,7-12H2,1H3. The third kappa shape index (κ3) is 4.41. The summed E-state index contributed by atoms with van der Waals surface area (Å²) in [5, 5.41) is 12.7. The normalized spacial score (nSPS) is 22.2. The molecule has 3 heteroatoms. The third-order valence-electron chi connectivity index (χ3n) is 3.53. The molecule has 1 aromatic carbocycles. The minimum atomic E-state index is -0.247. The van der Waals surface area contributed by atoms with Gasteiger partial charge in [0.1, 0.15) is 0 Å². The van der Waals surface area contributed by atoms with E-state index in [-0.39, 0.29) is 6.10 Å². The molecule has 2 N–H and O–H groups in total. The van der Waals surface area contributed by atoms with Gasteiger partial charge in [0.05, 0.1) is 6.10 Å². The Bertz CT molecular complexity index is 340. The molecule has 1 aliphatic heterocycles. The van der Waals surface area contributed by atoms with Gasteiger partial charge in [-0.15, -0.1) is 0 Å². The molecule has 2 atom stereocenters. The third-order valence-corrected chi connectivity index (χ3v) is 3.53. The highest BCUT2D eigenvalue weighted by molar-refractivity contribution is 5.14. The molecule has 0 amide bonds. The van der Waals surface area contributed by atoms with Crippen LogP contribution < -0.4 is 5.32 Å². The van der Waals surface area contributed by atoms with Crippen molar-refractivity contribution in [2.75, 3.05) is 26.2 Å². The summed E-state index contributed by atoms with van der Waals surface area (Å²) in [6.07, 6.45) is 2.08. The van der Waals surface area contributed by atoms with Gasteiger partial charge >= 0.3 is 0 Å². The van der Waals surface area contributed by atoms with Gasteiger partial charge in [-0.25, -0.2) is 0 Å². The molecule has 0 saturated carbocycles. The van der Waals surface area contributed by atoms with Gasteiger partial charge in [0.2, 0.25) is 0 Å². The predicted molar refractivity (Wildman–Crippen MR) is 74.7 cm³/mol. The van der Waals surface area contributed by atoms with Crippen LogP contribution in [-0.4, -0.2) is 48.3 Å². The van der Waals surface area contributed by atoms with E-state index in [4.69, 9.17) is 0 Å². The van der Waals surface area contributed by atoms with Crippen LogP contribution in [0.1, 0.15) is 18.9 Å². The highest BCUT2D eigenvalue weighted by atomic mass is 16.3. The lowest BCUT2D eigenvalue weighted by Gasteiger charge is -2.17. The van der Waals surface area contributed by atoms with E-state index < -0.39 is 0 Å². The smallest absolute Gasteiger partial charge is 0.0636 e. The first-order valence-electron chi connectivity index (χ1n) is 6.92. The van der Waals surface area contributed by atoms with Gasteiger partial charge < -0.3 is 15.3 Å². The van der Waals surface area contributed by atoms with Crippen LogP contribution in [0.5, 0.6) is 0 Å². The fourth-order valence-corrected chi connectivity index (χ4v) is 2.47. The second kappa shape index (κ2) is 6.88. The molecule has 0 spiro atoms. The zero-order valence-electron chi connectivity index (χ0n) is 11.2. The Kier molecular flexibility index (Phi) is 5.17. The van der Waals surface area contributed by atoms with Crippen molar-refractivity contribution in [1.29, 1.82) is 0 Å². The lowest BCUT2D eigenvalue weighted by molar-refractivity contribution is 0.186. The average Bonchev–Trinajstić information content (AvgIpc) is 2.83. The number of nitrogens with one attached hydrogen (secondary N) is 1. The van der Waals surface area contributed by atoms with Crippen LogP contribution in [-0.2, 0) is 6.42 Å². The number of hydrogen-bond acceptors (Lipinski definition) is 3. The summed E-state index contributed by atoms with van der Waals surface area (Å²) in [6.45, 7) is 5.95. The van der Waals surface area contributed by atoms with Crippen molar-refractivity contribution < 1.29 is 5.11 Å². The number of rotatable bonds is 6. The van der Waals surface area contributed by atoms with E-state index in [9.17, 15) is 5.11 Å². The second-order valence-electron chi connectivity index (χ2n) is 5.28. The molecule has 0 radical (unpaired) electrons. The lowest BCUT2D eigenvalue weighted by atomic mass is 10.1. The van der Waals surface area contributed by atoms with Crippen molar-refractivity contribution in [1.82, 2.24) is 10.2 Å². The molecule has 0 bridgehead atoms. The van der Waals surface area contributed by atoms with Crippen molar-refractivity contribution in [3.63, 3.8) is 0 Å². The maximum atomic E-state index is 9.25. The number of aliphatic hydroxyl groups is 1. The van der Waals surface area contributed by atoms with Gasteiger partial charge in [0.25, 0.3) is 0 Å². The van der Waals surface area contributed by atoms with Crippen LogP contribution in [0.25, 0.3) is 0 Å².